The zero-order valence-electron chi connectivity index (χ0n) is 12.7. The van der Waals surface area contributed by atoms with E-state index in [9.17, 15) is 4.79 Å². The lowest BCUT2D eigenvalue weighted by molar-refractivity contribution is 0.0939. The summed E-state index contributed by atoms with van der Waals surface area (Å²) < 4.78 is 10.4. The maximum Gasteiger partial charge on any atom is 0.252 e. The van der Waals surface area contributed by atoms with E-state index < -0.39 is 0 Å². The average molecular weight is 320 g/mol. The minimum atomic E-state index is -0.195. The van der Waals surface area contributed by atoms with Gasteiger partial charge in [0.2, 0.25) is 0 Å². The summed E-state index contributed by atoms with van der Waals surface area (Å²) in [4.78, 5) is 12.4. The predicted octanol–water partition coefficient (Wildman–Crippen LogP) is 3.85. The zero-order chi connectivity index (χ0) is 16.1. The second-order valence-electron chi connectivity index (χ2n) is 4.85. The van der Waals surface area contributed by atoms with Crippen molar-refractivity contribution in [2.75, 3.05) is 14.2 Å². The van der Waals surface area contributed by atoms with Crippen molar-refractivity contribution in [3.63, 3.8) is 0 Å². The number of halogens is 1. The van der Waals surface area contributed by atoms with Crippen molar-refractivity contribution in [2.24, 2.45) is 0 Å². The van der Waals surface area contributed by atoms with E-state index in [-0.39, 0.29) is 11.9 Å². The number of hydrogen-bond donors (Lipinski definition) is 1. The second kappa shape index (κ2) is 7.18. The number of nitrogens with one attached hydrogen (secondary N) is 1. The van der Waals surface area contributed by atoms with Gasteiger partial charge in [0.05, 0.1) is 20.3 Å². The monoisotopic (exact) mass is 319 g/mol. The van der Waals surface area contributed by atoms with Crippen molar-refractivity contribution in [1.82, 2.24) is 5.32 Å². The molecule has 0 bridgehead atoms. The molecule has 22 heavy (non-hydrogen) atoms. The number of benzene rings is 2. The lowest BCUT2D eigenvalue weighted by Crippen LogP contribution is -2.26. The third kappa shape index (κ3) is 3.92. The molecular weight excluding hydrogens is 302 g/mol. The summed E-state index contributed by atoms with van der Waals surface area (Å²) in [6, 6.07) is 12.3. The van der Waals surface area contributed by atoms with E-state index in [0.29, 0.717) is 22.1 Å². The molecule has 5 heteroatoms. The van der Waals surface area contributed by atoms with E-state index in [1.54, 1.807) is 44.6 Å². The third-order valence-electron chi connectivity index (χ3n) is 3.33. The van der Waals surface area contributed by atoms with Gasteiger partial charge in [-0.2, -0.15) is 0 Å². The SMILES string of the molecule is COc1cc(OC)cc(C(=O)NC(C)c2ccc(Cl)cc2)c1. The molecule has 0 heterocycles. The highest BCUT2D eigenvalue weighted by Crippen LogP contribution is 2.23. The molecule has 0 radical (unpaired) electrons. The molecular formula is C17H18ClNO3. The number of carbonyl (C=O) groups is 1. The molecule has 4 nitrogen and oxygen atoms in total. The Balaban J connectivity index is 2.16. The maximum atomic E-state index is 12.4. The fourth-order valence-electron chi connectivity index (χ4n) is 2.05. The minimum Gasteiger partial charge on any atom is -0.497 e. The highest BCUT2D eigenvalue weighted by molar-refractivity contribution is 6.30. The van der Waals surface area contributed by atoms with Gasteiger partial charge in [0, 0.05) is 16.7 Å². The Bertz CT molecular complexity index is 633. The number of rotatable bonds is 5. The Hall–Kier alpha value is -2.20. The predicted molar refractivity (Wildman–Crippen MR) is 86.9 cm³/mol. The largest absolute Gasteiger partial charge is 0.497 e. The van der Waals surface area contributed by atoms with E-state index >= 15 is 0 Å². The topological polar surface area (TPSA) is 47.6 Å². The van der Waals surface area contributed by atoms with Crippen molar-refractivity contribution in [2.45, 2.75) is 13.0 Å². The first kappa shape index (κ1) is 16.2. The first-order chi connectivity index (χ1) is 10.5. The first-order valence-electron chi connectivity index (χ1n) is 6.83. The fourth-order valence-corrected chi connectivity index (χ4v) is 2.18. The molecule has 2 aromatic rings. The molecule has 1 N–H and O–H groups in total. The van der Waals surface area contributed by atoms with Crippen LogP contribution < -0.4 is 14.8 Å². The van der Waals surface area contributed by atoms with Crippen LogP contribution in [0.15, 0.2) is 42.5 Å². The molecule has 2 rings (SSSR count). The zero-order valence-corrected chi connectivity index (χ0v) is 13.5. The van der Waals surface area contributed by atoms with Crippen molar-refractivity contribution < 1.29 is 14.3 Å². The molecule has 1 amide bonds. The van der Waals surface area contributed by atoms with Gasteiger partial charge in [-0.15, -0.1) is 0 Å². The van der Waals surface area contributed by atoms with Gasteiger partial charge in [-0.3, -0.25) is 4.79 Å². The fraction of sp³-hybridized carbons (Fsp3) is 0.235. The molecule has 0 saturated carbocycles. The van der Waals surface area contributed by atoms with E-state index in [4.69, 9.17) is 21.1 Å². The van der Waals surface area contributed by atoms with Crippen LogP contribution in [0.3, 0.4) is 0 Å². The lowest BCUT2D eigenvalue weighted by atomic mass is 10.1. The van der Waals surface area contributed by atoms with Crippen molar-refractivity contribution >= 4 is 17.5 Å². The second-order valence-corrected chi connectivity index (χ2v) is 5.28. The van der Waals surface area contributed by atoms with Crippen molar-refractivity contribution in [3.8, 4) is 11.5 Å². The molecule has 0 saturated heterocycles. The lowest BCUT2D eigenvalue weighted by Gasteiger charge is -2.15. The van der Waals surface area contributed by atoms with Gasteiger partial charge in [-0.1, -0.05) is 23.7 Å². The van der Waals surface area contributed by atoms with Crippen molar-refractivity contribution in [1.29, 1.82) is 0 Å². The first-order valence-corrected chi connectivity index (χ1v) is 7.20. The summed E-state index contributed by atoms with van der Waals surface area (Å²) in [5.74, 6) is 0.951. The average Bonchev–Trinajstić information content (AvgIpc) is 2.54. The quantitative estimate of drug-likeness (QED) is 0.910. The Labute approximate surface area is 135 Å². The van der Waals surface area contributed by atoms with Crippen LogP contribution in [0.1, 0.15) is 28.9 Å². The number of ether oxygens (including phenoxy) is 2. The standard InChI is InChI=1S/C17H18ClNO3/c1-11(12-4-6-14(18)7-5-12)19-17(20)13-8-15(21-2)10-16(9-13)22-3/h4-11H,1-3H3,(H,19,20). The Morgan fingerprint density at radius 1 is 1.05 bits per heavy atom. The number of carbonyl (C=O) groups excluding carboxylic acids is 1. The molecule has 116 valence electrons. The van der Waals surface area contributed by atoms with Gasteiger partial charge in [0.1, 0.15) is 11.5 Å². The molecule has 1 unspecified atom stereocenters. The van der Waals surface area contributed by atoms with Gasteiger partial charge >= 0.3 is 0 Å². The summed E-state index contributed by atoms with van der Waals surface area (Å²) in [5.41, 5.74) is 1.46. The highest BCUT2D eigenvalue weighted by atomic mass is 35.5. The van der Waals surface area contributed by atoms with Crippen LogP contribution in [0.5, 0.6) is 11.5 Å². The number of hydrogen-bond acceptors (Lipinski definition) is 3. The number of amides is 1. The van der Waals surface area contributed by atoms with Gasteiger partial charge in [0.25, 0.3) is 5.91 Å². The number of methoxy groups -OCH3 is 2. The van der Waals surface area contributed by atoms with Crippen LogP contribution in [0, 0.1) is 0 Å². The summed E-state index contributed by atoms with van der Waals surface area (Å²) in [7, 11) is 3.10. The minimum absolute atomic E-state index is 0.137. The third-order valence-corrected chi connectivity index (χ3v) is 3.58. The van der Waals surface area contributed by atoms with Crippen LogP contribution in [0.2, 0.25) is 5.02 Å². The van der Waals surface area contributed by atoms with Gasteiger partial charge in [0.15, 0.2) is 0 Å². The smallest absolute Gasteiger partial charge is 0.252 e. The van der Waals surface area contributed by atoms with Crippen LogP contribution in [-0.2, 0) is 0 Å². The van der Waals surface area contributed by atoms with Crippen LogP contribution in [0.25, 0.3) is 0 Å². The summed E-state index contributed by atoms with van der Waals surface area (Å²) in [6.45, 7) is 1.92. The Morgan fingerprint density at radius 3 is 2.09 bits per heavy atom. The summed E-state index contributed by atoms with van der Waals surface area (Å²) in [6.07, 6.45) is 0. The molecule has 0 aliphatic rings. The van der Waals surface area contributed by atoms with Crippen LogP contribution in [0.4, 0.5) is 0 Å². The van der Waals surface area contributed by atoms with Crippen LogP contribution >= 0.6 is 11.6 Å². The summed E-state index contributed by atoms with van der Waals surface area (Å²) >= 11 is 5.87. The normalized spacial score (nSPS) is 11.6. The van der Waals surface area contributed by atoms with E-state index in [2.05, 4.69) is 5.32 Å². The molecule has 2 aromatic carbocycles. The summed E-state index contributed by atoms with van der Waals surface area (Å²) in [5, 5.41) is 3.61. The molecule has 1 atom stereocenters. The highest BCUT2D eigenvalue weighted by Gasteiger charge is 2.13. The Kier molecular flexibility index (Phi) is 5.28. The van der Waals surface area contributed by atoms with Crippen LogP contribution in [-0.4, -0.2) is 20.1 Å². The van der Waals surface area contributed by atoms with Gasteiger partial charge in [-0.25, -0.2) is 0 Å². The Morgan fingerprint density at radius 2 is 1.59 bits per heavy atom. The molecule has 0 spiro atoms. The molecule has 0 aliphatic heterocycles. The van der Waals surface area contributed by atoms with E-state index in [1.807, 2.05) is 19.1 Å². The van der Waals surface area contributed by atoms with Crippen molar-refractivity contribution in [3.05, 3.63) is 58.6 Å². The van der Waals surface area contributed by atoms with E-state index in [0.717, 1.165) is 5.56 Å². The van der Waals surface area contributed by atoms with Gasteiger partial charge < -0.3 is 14.8 Å². The maximum absolute atomic E-state index is 12.4. The molecule has 0 aliphatic carbocycles. The van der Waals surface area contributed by atoms with E-state index in [1.165, 1.54) is 0 Å². The molecule has 0 aromatic heterocycles. The molecule has 0 fully saturated rings. The van der Waals surface area contributed by atoms with Gasteiger partial charge in [-0.05, 0) is 36.8 Å².